The number of nitrogens with zero attached hydrogens (tertiary/aromatic N) is 1. The number of anilines is 1. The fraction of sp³-hybridized carbons (Fsp3) is 0.286. The van der Waals surface area contributed by atoms with Crippen molar-refractivity contribution >= 4 is 27.8 Å². The summed E-state index contributed by atoms with van der Waals surface area (Å²) in [5.41, 5.74) is -0.0438. The number of rotatable bonds is 3. The van der Waals surface area contributed by atoms with Crippen molar-refractivity contribution in [1.29, 1.82) is 0 Å². The van der Waals surface area contributed by atoms with Gasteiger partial charge < -0.3 is 5.32 Å². The van der Waals surface area contributed by atoms with Crippen molar-refractivity contribution in [2.24, 2.45) is 0 Å². The quantitative estimate of drug-likeness (QED) is 0.459. The summed E-state index contributed by atoms with van der Waals surface area (Å²) >= 11 is 1.09. The van der Waals surface area contributed by atoms with Gasteiger partial charge in [-0.05, 0) is 6.92 Å². The lowest BCUT2D eigenvalue weighted by Crippen LogP contribution is -1.91. The second kappa shape index (κ2) is 3.53. The minimum atomic E-state index is -0.505. The zero-order valence-corrected chi connectivity index (χ0v) is 7.97. The van der Waals surface area contributed by atoms with Gasteiger partial charge in [-0.1, -0.05) is 0 Å². The molecular weight excluding hydrogens is 192 g/mol. The highest BCUT2D eigenvalue weighted by atomic mass is 32.1. The third-order valence-corrected chi connectivity index (χ3v) is 2.73. The van der Waals surface area contributed by atoms with Crippen LogP contribution in [0.2, 0.25) is 0 Å². The van der Waals surface area contributed by atoms with E-state index in [1.54, 1.807) is 7.05 Å². The van der Waals surface area contributed by atoms with Crippen LogP contribution >= 0.6 is 11.3 Å². The van der Waals surface area contributed by atoms with Crippen LogP contribution in [0.5, 0.6) is 0 Å². The summed E-state index contributed by atoms with van der Waals surface area (Å²) in [4.78, 5) is 21.3. The number of carbonyl (C=O) groups excluding carboxylic acids is 1. The minimum Gasteiger partial charge on any atom is -0.374 e. The molecule has 0 atom stereocenters. The van der Waals surface area contributed by atoms with Crippen LogP contribution < -0.4 is 5.32 Å². The molecule has 0 bridgehead atoms. The molecule has 0 aromatic carbocycles. The topological polar surface area (TPSA) is 72.2 Å². The molecule has 5 nitrogen and oxygen atoms in total. The molecule has 1 rings (SSSR count). The van der Waals surface area contributed by atoms with Gasteiger partial charge in [0.25, 0.3) is 0 Å². The fourth-order valence-electron chi connectivity index (χ4n) is 0.870. The first-order chi connectivity index (χ1) is 6.06. The molecule has 0 saturated heterocycles. The van der Waals surface area contributed by atoms with Gasteiger partial charge in [-0.15, -0.1) is 11.3 Å². The van der Waals surface area contributed by atoms with Crippen molar-refractivity contribution in [3.63, 3.8) is 0 Å². The van der Waals surface area contributed by atoms with Gasteiger partial charge in [0.1, 0.15) is 0 Å². The zero-order valence-electron chi connectivity index (χ0n) is 7.16. The van der Waals surface area contributed by atoms with Crippen molar-refractivity contribution in [3.05, 3.63) is 21.1 Å². The largest absolute Gasteiger partial charge is 0.374 e. The number of hydrogen-bond acceptors (Lipinski definition) is 5. The van der Waals surface area contributed by atoms with Crippen LogP contribution in [0.15, 0.2) is 6.07 Å². The highest BCUT2D eigenvalue weighted by Crippen LogP contribution is 2.34. The van der Waals surface area contributed by atoms with E-state index in [9.17, 15) is 14.9 Å². The Labute approximate surface area is 78.5 Å². The van der Waals surface area contributed by atoms with E-state index in [0.29, 0.717) is 9.88 Å². The van der Waals surface area contributed by atoms with E-state index in [0.717, 1.165) is 11.3 Å². The Morgan fingerprint density at radius 1 is 1.69 bits per heavy atom. The molecule has 70 valence electrons. The summed E-state index contributed by atoms with van der Waals surface area (Å²) in [6.07, 6.45) is 0. The maximum atomic E-state index is 10.9. The Balaban J connectivity index is 3.19. The number of thiophene rings is 1. The monoisotopic (exact) mass is 200 g/mol. The van der Waals surface area contributed by atoms with Gasteiger partial charge in [-0.25, -0.2) is 0 Å². The molecule has 1 aromatic rings. The van der Waals surface area contributed by atoms with E-state index >= 15 is 0 Å². The van der Waals surface area contributed by atoms with Gasteiger partial charge in [0.15, 0.2) is 10.8 Å². The van der Waals surface area contributed by atoms with Crippen molar-refractivity contribution in [2.45, 2.75) is 6.92 Å². The average molecular weight is 200 g/mol. The van der Waals surface area contributed by atoms with Crippen molar-refractivity contribution < 1.29 is 9.72 Å². The van der Waals surface area contributed by atoms with Crippen LogP contribution in [0.4, 0.5) is 10.7 Å². The van der Waals surface area contributed by atoms with Crippen LogP contribution in [0.1, 0.15) is 16.6 Å². The lowest BCUT2D eigenvalue weighted by atomic mass is 10.3. The molecule has 0 aliphatic carbocycles. The molecule has 1 aromatic heterocycles. The lowest BCUT2D eigenvalue weighted by Gasteiger charge is -1.91. The van der Waals surface area contributed by atoms with Crippen molar-refractivity contribution in [3.8, 4) is 0 Å². The molecule has 1 N–H and O–H groups in total. The minimum absolute atomic E-state index is 0.0438. The number of ketones is 1. The van der Waals surface area contributed by atoms with Gasteiger partial charge in [-0.3, -0.25) is 14.9 Å². The molecule has 1 heterocycles. The predicted octanol–water partition coefficient (Wildman–Crippen LogP) is 1.90. The van der Waals surface area contributed by atoms with Gasteiger partial charge in [-0.2, -0.15) is 0 Å². The van der Waals surface area contributed by atoms with Crippen LogP contribution in [0.3, 0.4) is 0 Å². The summed E-state index contributed by atoms with van der Waals surface area (Å²) in [5, 5.41) is 13.6. The Morgan fingerprint density at radius 2 is 2.31 bits per heavy atom. The van der Waals surface area contributed by atoms with Crippen molar-refractivity contribution in [2.75, 3.05) is 12.4 Å². The molecule has 0 amide bonds. The van der Waals surface area contributed by atoms with E-state index < -0.39 is 4.92 Å². The maximum Gasteiger partial charge on any atom is 0.304 e. The Hall–Kier alpha value is -1.43. The average Bonchev–Trinajstić information content (AvgIpc) is 2.47. The highest BCUT2D eigenvalue weighted by molar-refractivity contribution is 7.18. The fourth-order valence-corrected chi connectivity index (χ4v) is 1.74. The highest BCUT2D eigenvalue weighted by Gasteiger charge is 2.19. The summed E-state index contributed by atoms with van der Waals surface area (Å²) in [6.45, 7) is 1.38. The predicted molar refractivity (Wildman–Crippen MR) is 50.5 cm³/mol. The SMILES string of the molecule is CNc1sc(C(C)=O)cc1[N+](=O)[O-]. The molecule has 13 heavy (non-hydrogen) atoms. The molecule has 0 saturated carbocycles. The molecule has 0 aliphatic rings. The van der Waals surface area contributed by atoms with Crippen LogP contribution in [0, 0.1) is 10.1 Å². The third-order valence-electron chi connectivity index (χ3n) is 1.48. The third kappa shape index (κ3) is 1.83. The Bertz CT molecular complexity index is 359. The first kappa shape index (κ1) is 9.66. The van der Waals surface area contributed by atoms with Gasteiger partial charge in [0.05, 0.1) is 9.80 Å². The molecule has 0 fully saturated rings. The van der Waals surface area contributed by atoms with E-state index in [1.807, 2.05) is 0 Å². The first-order valence-corrected chi connectivity index (χ1v) is 4.34. The number of nitrogens with one attached hydrogen (secondary N) is 1. The van der Waals surface area contributed by atoms with Crippen molar-refractivity contribution in [1.82, 2.24) is 0 Å². The summed E-state index contributed by atoms with van der Waals surface area (Å²) in [5.74, 6) is -0.158. The maximum absolute atomic E-state index is 10.9. The smallest absolute Gasteiger partial charge is 0.304 e. The summed E-state index contributed by atoms with van der Waals surface area (Å²) in [6, 6.07) is 1.29. The van der Waals surface area contributed by atoms with Gasteiger partial charge in [0.2, 0.25) is 0 Å². The molecular formula is C7H8N2O3S. The molecule has 0 unspecified atom stereocenters. The van der Waals surface area contributed by atoms with Gasteiger partial charge >= 0.3 is 5.69 Å². The molecule has 0 aliphatic heterocycles. The second-order valence-corrected chi connectivity index (χ2v) is 3.44. The number of Topliss-reactive ketones (excluding diaryl/α,β-unsaturated/α-hetero) is 1. The van der Waals surface area contributed by atoms with Crippen LogP contribution in [-0.2, 0) is 0 Å². The normalized spacial score (nSPS) is 9.69. The molecule has 0 spiro atoms. The molecule has 0 radical (unpaired) electrons. The van der Waals surface area contributed by atoms with Crippen LogP contribution in [0.25, 0.3) is 0 Å². The Kier molecular flexibility index (Phi) is 2.62. The number of carbonyl (C=O) groups is 1. The van der Waals surface area contributed by atoms with Crippen LogP contribution in [-0.4, -0.2) is 17.8 Å². The van der Waals surface area contributed by atoms with E-state index in [2.05, 4.69) is 5.32 Å². The Morgan fingerprint density at radius 3 is 2.62 bits per heavy atom. The molecule has 6 heteroatoms. The number of nitro groups is 1. The first-order valence-electron chi connectivity index (χ1n) is 3.53. The van der Waals surface area contributed by atoms with E-state index in [4.69, 9.17) is 0 Å². The van der Waals surface area contributed by atoms with Gasteiger partial charge in [0, 0.05) is 13.1 Å². The number of hydrogen-bond donors (Lipinski definition) is 1. The zero-order chi connectivity index (χ0) is 10.0. The summed E-state index contributed by atoms with van der Waals surface area (Å²) < 4.78 is 0. The van der Waals surface area contributed by atoms with E-state index in [-0.39, 0.29) is 11.5 Å². The standard InChI is InChI=1S/C7H8N2O3S/c1-4(10)6-3-5(9(11)12)7(8-2)13-6/h3,8H,1-2H3. The summed E-state index contributed by atoms with van der Waals surface area (Å²) in [7, 11) is 1.59. The van der Waals surface area contributed by atoms with E-state index in [1.165, 1.54) is 13.0 Å². The second-order valence-electron chi connectivity index (χ2n) is 2.39. The lowest BCUT2D eigenvalue weighted by molar-refractivity contribution is -0.383.